The zero-order valence-electron chi connectivity index (χ0n) is 12.4. The minimum absolute atomic E-state index is 0.326. The summed E-state index contributed by atoms with van der Waals surface area (Å²) in [5.74, 6) is 0.827. The van der Waals surface area contributed by atoms with Gasteiger partial charge in [-0.05, 0) is 64.1 Å². The topological polar surface area (TPSA) is 29.3 Å². The Bertz CT molecular complexity index is 372. The van der Waals surface area contributed by atoms with Crippen LogP contribution < -0.4 is 5.73 Å². The van der Waals surface area contributed by atoms with E-state index in [9.17, 15) is 0 Å². The summed E-state index contributed by atoms with van der Waals surface area (Å²) in [7, 11) is 0. The summed E-state index contributed by atoms with van der Waals surface area (Å²) in [5.41, 5.74) is 7.48. The zero-order valence-corrected chi connectivity index (χ0v) is 12.4. The number of hydrogen-bond acceptors (Lipinski definition) is 2. The van der Waals surface area contributed by atoms with Crippen LogP contribution in [0.25, 0.3) is 0 Å². The maximum atomic E-state index is 5.70. The minimum atomic E-state index is 0.326. The number of likely N-dealkylation sites (tertiary alicyclic amines) is 1. The van der Waals surface area contributed by atoms with Gasteiger partial charge in [0.25, 0.3) is 0 Å². The van der Waals surface area contributed by atoms with E-state index in [4.69, 9.17) is 5.73 Å². The third kappa shape index (κ3) is 4.05. The molecule has 1 aromatic rings. The van der Waals surface area contributed by atoms with Gasteiger partial charge >= 0.3 is 0 Å². The summed E-state index contributed by atoms with van der Waals surface area (Å²) < 4.78 is 0. The van der Waals surface area contributed by atoms with Gasteiger partial charge < -0.3 is 5.73 Å². The van der Waals surface area contributed by atoms with Crippen LogP contribution in [-0.2, 0) is 6.42 Å². The van der Waals surface area contributed by atoms with Crippen molar-refractivity contribution in [3.63, 3.8) is 0 Å². The molecule has 1 atom stereocenters. The van der Waals surface area contributed by atoms with E-state index in [1.54, 1.807) is 0 Å². The number of piperidine rings is 1. The van der Waals surface area contributed by atoms with Gasteiger partial charge in [0.15, 0.2) is 0 Å². The van der Waals surface area contributed by atoms with Crippen LogP contribution in [0.1, 0.15) is 38.7 Å². The van der Waals surface area contributed by atoms with Crippen molar-refractivity contribution >= 4 is 0 Å². The molecule has 0 spiro atoms. The summed E-state index contributed by atoms with van der Waals surface area (Å²) in [5, 5.41) is 0. The van der Waals surface area contributed by atoms with Gasteiger partial charge in [-0.25, -0.2) is 0 Å². The Balaban J connectivity index is 1.87. The molecule has 0 saturated carbocycles. The Labute approximate surface area is 118 Å². The second kappa shape index (κ2) is 6.53. The highest BCUT2D eigenvalue weighted by Gasteiger charge is 2.33. The maximum Gasteiger partial charge on any atom is 0.0156 e. The number of nitrogens with zero attached hydrogens (tertiary/aromatic N) is 1. The van der Waals surface area contributed by atoms with Crippen molar-refractivity contribution < 1.29 is 0 Å². The fourth-order valence-corrected chi connectivity index (χ4v) is 3.38. The molecule has 0 aromatic heterocycles. The Kier molecular flexibility index (Phi) is 5.00. The SMILES string of the molecule is CC1(C)CC(CCN)CCN1CCc1ccccc1. The molecule has 0 bridgehead atoms. The second-order valence-electron chi connectivity index (χ2n) is 6.47. The molecule has 106 valence electrons. The fraction of sp³-hybridized carbons (Fsp3) is 0.647. The van der Waals surface area contributed by atoms with Gasteiger partial charge in [0.1, 0.15) is 0 Å². The highest BCUT2D eigenvalue weighted by atomic mass is 15.2. The van der Waals surface area contributed by atoms with E-state index in [2.05, 4.69) is 49.1 Å². The number of benzene rings is 1. The van der Waals surface area contributed by atoms with Crippen molar-refractivity contribution in [3.05, 3.63) is 35.9 Å². The molecule has 1 fully saturated rings. The van der Waals surface area contributed by atoms with E-state index in [0.29, 0.717) is 5.54 Å². The molecular formula is C17H28N2. The van der Waals surface area contributed by atoms with Crippen LogP contribution in [0.2, 0.25) is 0 Å². The molecule has 19 heavy (non-hydrogen) atoms. The molecule has 1 unspecified atom stereocenters. The first-order chi connectivity index (χ1) is 9.12. The lowest BCUT2D eigenvalue weighted by molar-refractivity contribution is 0.0460. The van der Waals surface area contributed by atoms with Crippen molar-refractivity contribution in [2.45, 2.75) is 45.1 Å². The standard InChI is InChI=1S/C17H28N2/c1-17(2)14-16(8-11-18)10-13-19(17)12-9-15-6-4-3-5-7-15/h3-7,16H,8-14,18H2,1-2H3. The zero-order chi connectivity index (χ0) is 13.7. The van der Waals surface area contributed by atoms with E-state index in [1.165, 1.54) is 37.9 Å². The lowest BCUT2D eigenvalue weighted by Crippen LogP contribution is -2.50. The van der Waals surface area contributed by atoms with Gasteiger partial charge in [0, 0.05) is 12.1 Å². The summed E-state index contributed by atoms with van der Waals surface area (Å²) >= 11 is 0. The van der Waals surface area contributed by atoms with Gasteiger partial charge in [0.05, 0.1) is 0 Å². The van der Waals surface area contributed by atoms with Crippen LogP contribution in [0.4, 0.5) is 0 Å². The normalized spacial score (nSPS) is 23.4. The molecule has 2 heteroatoms. The smallest absolute Gasteiger partial charge is 0.0156 e. The Morgan fingerprint density at radius 1 is 1.26 bits per heavy atom. The third-order valence-corrected chi connectivity index (χ3v) is 4.54. The lowest BCUT2D eigenvalue weighted by atomic mass is 9.81. The van der Waals surface area contributed by atoms with Gasteiger partial charge in [-0.2, -0.15) is 0 Å². The summed E-state index contributed by atoms with van der Waals surface area (Å²) in [4.78, 5) is 2.66. The molecule has 1 aliphatic heterocycles. The molecule has 1 aromatic carbocycles. The average Bonchev–Trinajstić information content (AvgIpc) is 2.38. The molecule has 2 rings (SSSR count). The quantitative estimate of drug-likeness (QED) is 0.881. The molecule has 0 radical (unpaired) electrons. The van der Waals surface area contributed by atoms with Crippen LogP contribution >= 0.6 is 0 Å². The van der Waals surface area contributed by atoms with Crippen LogP contribution in [-0.4, -0.2) is 30.1 Å². The predicted molar refractivity (Wildman–Crippen MR) is 82.2 cm³/mol. The number of hydrogen-bond donors (Lipinski definition) is 1. The molecule has 1 saturated heterocycles. The molecule has 0 aliphatic carbocycles. The summed E-state index contributed by atoms with van der Waals surface area (Å²) in [6.45, 7) is 8.02. The average molecular weight is 260 g/mol. The fourth-order valence-electron chi connectivity index (χ4n) is 3.38. The van der Waals surface area contributed by atoms with E-state index in [-0.39, 0.29) is 0 Å². The van der Waals surface area contributed by atoms with E-state index < -0.39 is 0 Å². The Hall–Kier alpha value is -0.860. The first-order valence-corrected chi connectivity index (χ1v) is 7.61. The van der Waals surface area contributed by atoms with Crippen LogP contribution in [0, 0.1) is 5.92 Å². The van der Waals surface area contributed by atoms with Gasteiger partial charge in [-0.15, -0.1) is 0 Å². The summed E-state index contributed by atoms with van der Waals surface area (Å²) in [6.07, 6.45) is 4.95. The van der Waals surface area contributed by atoms with Crippen LogP contribution in [0.5, 0.6) is 0 Å². The van der Waals surface area contributed by atoms with E-state index in [1.807, 2.05) is 0 Å². The first kappa shape index (κ1) is 14.5. The Morgan fingerprint density at radius 2 is 2.00 bits per heavy atom. The summed E-state index contributed by atoms with van der Waals surface area (Å²) in [6, 6.07) is 10.8. The van der Waals surface area contributed by atoms with Crippen LogP contribution in [0.3, 0.4) is 0 Å². The van der Waals surface area contributed by atoms with Gasteiger partial charge in [-0.3, -0.25) is 4.90 Å². The van der Waals surface area contributed by atoms with Crippen molar-refractivity contribution in [1.82, 2.24) is 4.90 Å². The highest BCUT2D eigenvalue weighted by molar-refractivity contribution is 5.15. The van der Waals surface area contributed by atoms with Crippen molar-refractivity contribution in [2.24, 2.45) is 11.7 Å². The molecule has 2 nitrogen and oxygen atoms in total. The van der Waals surface area contributed by atoms with Gasteiger partial charge in [-0.1, -0.05) is 30.3 Å². The monoisotopic (exact) mass is 260 g/mol. The van der Waals surface area contributed by atoms with E-state index in [0.717, 1.165) is 18.9 Å². The predicted octanol–water partition coefficient (Wildman–Crippen LogP) is 3.07. The maximum absolute atomic E-state index is 5.70. The number of rotatable bonds is 5. The molecule has 1 aliphatic rings. The molecule has 1 heterocycles. The van der Waals surface area contributed by atoms with Crippen LogP contribution in [0.15, 0.2) is 30.3 Å². The second-order valence-corrected chi connectivity index (χ2v) is 6.47. The molecular weight excluding hydrogens is 232 g/mol. The van der Waals surface area contributed by atoms with Crippen molar-refractivity contribution in [3.8, 4) is 0 Å². The first-order valence-electron chi connectivity index (χ1n) is 7.61. The van der Waals surface area contributed by atoms with Gasteiger partial charge in [0.2, 0.25) is 0 Å². The van der Waals surface area contributed by atoms with Crippen molar-refractivity contribution in [2.75, 3.05) is 19.6 Å². The lowest BCUT2D eigenvalue weighted by Gasteiger charge is -2.46. The highest BCUT2D eigenvalue weighted by Crippen LogP contribution is 2.32. The Morgan fingerprint density at radius 3 is 2.63 bits per heavy atom. The third-order valence-electron chi connectivity index (χ3n) is 4.54. The molecule has 0 amide bonds. The van der Waals surface area contributed by atoms with Crippen molar-refractivity contribution in [1.29, 1.82) is 0 Å². The largest absolute Gasteiger partial charge is 0.330 e. The number of nitrogens with two attached hydrogens (primary N) is 1. The minimum Gasteiger partial charge on any atom is -0.330 e. The van der Waals surface area contributed by atoms with E-state index >= 15 is 0 Å². The molecule has 2 N–H and O–H groups in total.